The minimum Gasteiger partial charge on any atom is -0.381 e. The molecule has 1 amide bonds. The molecule has 1 heterocycles. The lowest BCUT2D eigenvalue weighted by Crippen LogP contribution is -2.47. The van der Waals surface area contributed by atoms with Crippen LogP contribution in [0.15, 0.2) is 18.2 Å². The predicted molar refractivity (Wildman–Crippen MR) is 81.8 cm³/mol. The first-order valence-corrected chi connectivity index (χ1v) is 7.13. The summed E-state index contributed by atoms with van der Waals surface area (Å²) in [6.07, 6.45) is 1.62. The van der Waals surface area contributed by atoms with Gasteiger partial charge in [0.2, 0.25) is 5.91 Å². The van der Waals surface area contributed by atoms with E-state index in [0.29, 0.717) is 13.2 Å². The van der Waals surface area contributed by atoms with Gasteiger partial charge in [-0.3, -0.25) is 4.79 Å². The Hall–Kier alpha value is -1.24. The zero-order valence-electron chi connectivity index (χ0n) is 12.2. The van der Waals surface area contributed by atoms with Crippen LogP contribution in [0.5, 0.6) is 0 Å². The molecule has 0 aromatic heterocycles. The van der Waals surface area contributed by atoms with Crippen LogP contribution < -0.4 is 11.1 Å². The second-order valence-electron chi connectivity index (χ2n) is 5.22. The first-order chi connectivity index (χ1) is 10.1. The Morgan fingerprint density at radius 2 is 1.91 bits per heavy atom. The summed E-state index contributed by atoms with van der Waals surface area (Å²) in [7, 11) is 0. The Morgan fingerprint density at radius 1 is 1.32 bits per heavy atom. The third-order valence-corrected chi connectivity index (χ3v) is 3.81. The second kappa shape index (κ2) is 9.02. The van der Waals surface area contributed by atoms with Crippen LogP contribution in [0.25, 0.3) is 0 Å². The molecule has 1 saturated heterocycles. The van der Waals surface area contributed by atoms with Crippen LogP contribution in [0.3, 0.4) is 0 Å². The van der Waals surface area contributed by atoms with Gasteiger partial charge >= 0.3 is 0 Å². The highest BCUT2D eigenvalue weighted by Gasteiger charge is 2.26. The predicted octanol–water partition coefficient (Wildman–Crippen LogP) is 1.80. The van der Waals surface area contributed by atoms with Crippen LogP contribution in [0.4, 0.5) is 8.78 Å². The Kier molecular flexibility index (Phi) is 7.72. The van der Waals surface area contributed by atoms with Crippen molar-refractivity contribution in [1.29, 1.82) is 0 Å². The third-order valence-electron chi connectivity index (χ3n) is 3.81. The molecule has 0 spiro atoms. The van der Waals surface area contributed by atoms with Crippen molar-refractivity contribution in [2.75, 3.05) is 19.8 Å². The van der Waals surface area contributed by atoms with Crippen molar-refractivity contribution in [1.82, 2.24) is 5.32 Å². The number of hydrogen-bond donors (Lipinski definition) is 2. The first kappa shape index (κ1) is 18.8. The molecular formula is C15H21ClF2N2O2. The molecule has 1 aromatic carbocycles. The monoisotopic (exact) mass is 334 g/mol. The Morgan fingerprint density at radius 3 is 2.50 bits per heavy atom. The first-order valence-electron chi connectivity index (χ1n) is 7.13. The van der Waals surface area contributed by atoms with Gasteiger partial charge in [-0.05, 0) is 37.3 Å². The maximum absolute atomic E-state index is 13.4. The largest absolute Gasteiger partial charge is 0.381 e. The molecule has 2 rings (SSSR count). The number of carbonyl (C=O) groups excluding carboxylic acids is 1. The van der Waals surface area contributed by atoms with Gasteiger partial charge in [-0.2, -0.15) is 0 Å². The lowest BCUT2D eigenvalue weighted by Gasteiger charge is -2.26. The summed E-state index contributed by atoms with van der Waals surface area (Å²) >= 11 is 0. The molecule has 1 aliphatic rings. The van der Waals surface area contributed by atoms with Crippen LogP contribution in [0.2, 0.25) is 0 Å². The highest BCUT2D eigenvalue weighted by atomic mass is 35.5. The number of benzene rings is 1. The van der Waals surface area contributed by atoms with Crippen molar-refractivity contribution in [3.63, 3.8) is 0 Å². The van der Waals surface area contributed by atoms with Gasteiger partial charge < -0.3 is 15.8 Å². The van der Waals surface area contributed by atoms with E-state index in [1.165, 1.54) is 18.2 Å². The fourth-order valence-corrected chi connectivity index (χ4v) is 2.49. The molecule has 1 unspecified atom stereocenters. The van der Waals surface area contributed by atoms with Crippen LogP contribution in [0.1, 0.15) is 18.4 Å². The minimum atomic E-state index is -0.599. The quantitative estimate of drug-likeness (QED) is 0.863. The van der Waals surface area contributed by atoms with Crippen molar-refractivity contribution in [2.24, 2.45) is 11.7 Å². The molecule has 22 heavy (non-hydrogen) atoms. The molecule has 0 bridgehead atoms. The standard InChI is InChI=1S/C15H20F2N2O2.ClH/c16-12-2-1-3-13(17)11(12)4-7-19-15(20)14(18)10-5-8-21-9-6-10;/h1-3,10,14H,4-9,18H2,(H,19,20);1H. The summed E-state index contributed by atoms with van der Waals surface area (Å²) in [5.41, 5.74) is 5.90. The van der Waals surface area contributed by atoms with Crippen LogP contribution >= 0.6 is 12.4 Å². The SMILES string of the molecule is Cl.NC(C(=O)NCCc1c(F)cccc1F)C1CCOCC1. The van der Waals surface area contributed by atoms with Gasteiger partial charge in [0.25, 0.3) is 0 Å². The van der Waals surface area contributed by atoms with E-state index in [1.807, 2.05) is 0 Å². The van der Waals surface area contributed by atoms with E-state index in [9.17, 15) is 13.6 Å². The highest BCUT2D eigenvalue weighted by molar-refractivity contribution is 5.85. The molecule has 0 radical (unpaired) electrons. The van der Waals surface area contributed by atoms with Crippen LogP contribution in [-0.4, -0.2) is 31.7 Å². The van der Waals surface area contributed by atoms with Gasteiger partial charge in [0, 0.05) is 25.3 Å². The summed E-state index contributed by atoms with van der Waals surface area (Å²) in [5, 5.41) is 2.64. The number of amides is 1. The lowest BCUT2D eigenvalue weighted by molar-refractivity contribution is -0.124. The van der Waals surface area contributed by atoms with E-state index < -0.39 is 17.7 Å². The smallest absolute Gasteiger partial charge is 0.237 e. The minimum absolute atomic E-state index is 0. The van der Waals surface area contributed by atoms with E-state index in [2.05, 4.69) is 5.32 Å². The normalized spacial score (nSPS) is 16.7. The summed E-state index contributed by atoms with van der Waals surface area (Å²) < 4.78 is 32.1. The highest BCUT2D eigenvalue weighted by Crippen LogP contribution is 2.17. The summed E-state index contributed by atoms with van der Waals surface area (Å²) in [6.45, 7) is 1.39. The molecule has 1 aromatic rings. The average Bonchev–Trinajstić information content (AvgIpc) is 2.50. The molecule has 1 fully saturated rings. The molecule has 0 aliphatic carbocycles. The van der Waals surface area contributed by atoms with E-state index in [4.69, 9.17) is 10.5 Å². The molecule has 7 heteroatoms. The Balaban J connectivity index is 0.00000242. The topological polar surface area (TPSA) is 64.4 Å². The molecular weight excluding hydrogens is 314 g/mol. The van der Waals surface area contributed by atoms with Crippen LogP contribution in [0, 0.1) is 17.6 Å². The molecule has 124 valence electrons. The van der Waals surface area contributed by atoms with Crippen LogP contribution in [-0.2, 0) is 16.0 Å². The molecule has 3 N–H and O–H groups in total. The second-order valence-corrected chi connectivity index (χ2v) is 5.22. The third kappa shape index (κ3) is 4.90. The summed E-state index contributed by atoms with van der Waals surface area (Å²) in [4.78, 5) is 11.9. The number of rotatable bonds is 5. The van der Waals surface area contributed by atoms with Gasteiger partial charge in [-0.1, -0.05) is 6.07 Å². The van der Waals surface area contributed by atoms with Gasteiger partial charge in [-0.15, -0.1) is 12.4 Å². The van der Waals surface area contributed by atoms with Crippen molar-refractivity contribution in [2.45, 2.75) is 25.3 Å². The molecule has 1 aliphatic heterocycles. The zero-order chi connectivity index (χ0) is 15.2. The van der Waals surface area contributed by atoms with Crippen molar-refractivity contribution in [3.8, 4) is 0 Å². The van der Waals surface area contributed by atoms with E-state index in [-0.39, 0.29) is 42.8 Å². The van der Waals surface area contributed by atoms with Gasteiger partial charge in [-0.25, -0.2) is 8.78 Å². The maximum atomic E-state index is 13.4. The fourth-order valence-electron chi connectivity index (χ4n) is 2.49. The Labute approximate surface area is 134 Å². The number of carbonyl (C=O) groups is 1. The maximum Gasteiger partial charge on any atom is 0.237 e. The zero-order valence-corrected chi connectivity index (χ0v) is 13.0. The van der Waals surface area contributed by atoms with Crippen molar-refractivity contribution >= 4 is 18.3 Å². The number of hydrogen-bond acceptors (Lipinski definition) is 3. The summed E-state index contributed by atoms with van der Waals surface area (Å²) in [5.74, 6) is -1.38. The van der Waals surface area contributed by atoms with Gasteiger partial charge in [0.1, 0.15) is 11.6 Å². The lowest BCUT2D eigenvalue weighted by atomic mass is 9.92. The number of ether oxygens (including phenoxy) is 1. The number of halogens is 3. The van der Waals surface area contributed by atoms with E-state index in [0.717, 1.165) is 12.8 Å². The van der Waals surface area contributed by atoms with Crippen molar-refractivity contribution < 1.29 is 18.3 Å². The van der Waals surface area contributed by atoms with Gasteiger partial charge in [0.05, 0.1) is 6.04 Å². The average molecular weight is 335 g/mol. The van der Waals surface area contributed by atoms with Crippen molar-refractivity contribution in [3.05, 3.63) is 35.4 Å². The molecule has 0 saturated carbocycles. The van der Waals surface area contributed by atoms with E-state index >= 15 is 0 Å². The van der Waals surface area contributed by atoms with E-state index in [1.54, 1.807) is 0 Å². The molecule has 1 atom stereocenters. The van der Waals surface area contributed by atoms with Gasteiger partial charge in [0.15, 0.2) is 0 Å². The number of nitrogens with one attached hydrogen (secondary N) is 1. The summed E-state index contributed by atoms with van der Waals surface area (Å²) in [6, 6.07) is 3.12. The fraction of sp³-hybridized carbons (Fsp3) is 0.533. The Bertz CT molecular complexity index is 476. The molecule has 4 nitrogen and oxygen atoms in total. The number of nitrogens with two attached hydrogens (primary N) is 1.